The number of imide groups is 1. The first-order valence-electron chi connectivity index (χ1n) is 11.4. The number of halogens is 3. The number of rotatable bonds is 5. The molecule has 7 nitrogen and oxygen atoms in total. The molecule has 1 unspecified atom stereocenters. The summed E-state index contributed by atoms with van der Waals surface area (Å²) in [4.78, 5) is 43.8. The number of alkyl halides is 3. The van der Waals surface area contributed by atoms with Crippen molar-refractivity contribution in [1.82, 2.24) is 9.80 Å². The molecule has 0 bridgehead atoms. The Bertz CT molecular complexity index is 1140. The van der Waals surface area contributed by atoms with Crippen LogP contribution in [0, 0.1) is 0 Å². The number of carbonyl (C=O) groups excluding carboxylic acids is 3. The van der Waals surface area contributed by atoms with Gasteiger partial charge in [0.05, 0.1) is 16.7 Å². The standard InChI is InChI=1S/C25H26F3N3O4/c1-2-31-22(34)16-24(23(31)35,17-6-5-7-18(14-17)25(26,27)28)15-21(33)30-12-10-29(11-13-30)19-8-3-4-9-20(19)32/h3-9,14,32H,2,10-13,15-16H2,1H3. The second-order valence-electron chi connectivity index (χ2n) is 8.81. The summed E-state index contributed by atoms with van der Waals surface area (Å²) in [6.45, 7) is 3.18. The normalized spacial score (nSPS) is 21.1. The number of anilines is 1. The smallest absolute Gasteiger partial charge is 0.416 e. The number of likely N-dealkylation sites (N-methyl/N-ethyl adjacent to an activating group) is 1. The molecule has 3 amide bonds. The fourth-order valence-corrected chi connectivity index (χ4v) is 4.88. The lowest BCUT2D eigenvalue weighted by molar-refractivity contribution is -0.143. The van der Waals surface area contributed by atoms with Crippen molar-refractivity contribution in [2.75, 3.05) is 37.6 Å². The van der Waals surface area contributed by atoms with E-state index in [1.165, 1.54) is 12.1 Å². The van der Waals surface area contributed by atoms with Gasteiger partial charge in [0.1, 0.15) is 5.75 Å². The average molecular weight is 489 g/mol. The maximum atomic E-state index is 13.4. The van der Waals surface area contributed by atoms with Crippen molar-refractivity contribution < 1.29 is 32.7 Å². The fraction of sp³-hybridized carbons (Fsp3) is 0.400. The van der Waals surface area contributed by atoms with Crippen LogP contribution in [0.15, 0.2) is 48.5 Å². The first-order chi connectivity index (χ1) is 16.6. The highest BCUT2D eigenvalue weighted by Gasteiger charge is 2.54. The minimum atomic E-state index is -4.63. The molecule has 10 heteroatoms. The first kappa shape index (κ1) is 24.6. The third-order valence-corrected chi connectivity index (χ3v) is 6.78. The van der Waals surface area contributed by atoms with Gasteiger partial charge >= 0.3 is 6.18 Å². The Morgan fingerprint density at radius 3 is 2.31 bits per heavy atom. The third-order valence-electron chi connectivity index (χ3n) is 6.78. The minimum Gasteiger partial charge on any atom is -0.506 e. The Morgan fingerprint density at radius 1 is 1.03 bits per heavy atom. The Kier molecular flexibility index (Phi) is 6.48. The molecule has 186 valence electrons. The number of piperazine rings is 1. The molecule has 0 radical (unpaired) electrons. The highest BCUT2D eigenvalue weighted by Crippen LogP contribution is 2.42. The fourth-order valence-electron chi connectivity index (χ4n) is 4.88. The molecule has 0 saturated carbocycles. The van der Waals surface area contributed by atoms with E-state index >= 15 is 0 Å². The van der Waals surface area contributed by atoms with Crippen molar-refractivity contribution in [3.05, 3.63) is 59.7 Å². The Balaban J connectivity index is 1.58. The summed E-state index contributed by atoms with van der Waals surface area (Å²) < 4.78 is 40.2. The molecular weight excluding hydrogens is 463 g/mol. The summed E-state index contributed by atoms with van der Waals surface area (Å²) in [5, 5.41) is 10.1. The third kappa shape index (κ3) is 4.56. The highest BCUT2D eigenvalue weighted by molar-refractivity contribution is 6.10. The number of nitrogens with zero attached hydrogens (tertiary/aromatic N) is 3. The van der Waals surface area contributed by atoms with E-state index in [1.807, 2.05) is 4.90 Å². The summed E-state index contributed by atoms with van der Waals surface area (Å²) in [6, 6.07) is 11.2. The summed E-state index contributed by atoms with van der Waals surface area (Å²) >= 11 is 0. The number of phenols is 1. The van der Waals surface area contributed by atoms with Crippen molar-refractivity contribution in [3.63, 3.8) is 0 Å². The van der Waals surface area contributed by atoms with Gasteiger partial charge in [-0.25, -0.2) is 0 Å². The number of para-hydroxylation sites is 2. The maximum Gasteiger partial charge on any atom is 0.416 e. The van der Waals surface area contributed by atoms with Gasteiger partial charge in [0, 0.05) is 45.6 Å². The van der Waals surface area contributed by atoms with E-state index in [2.05, 4.69) is 0 Å². The van der Waals surface area contributed by atoms with Crippen LogP contribution in [0.4, 0.5) is 18.9 Å². The van der Waals surface area contributed by atoms with E-state index in [0.717, 1.165) is 17.0 Å². The van der Waals surface area contributed by atoms with Gasteiger partial charge < -0.3 is 14.9 Å². The molecular formula is C25H26F3N3O4. The number of phenolic OH excluding ortho intramolecular Hbond substituents is 1. The topological polar surface area (TPSA) is 81.2 Å². The van der Waals surface area contributed by atoms with E-state index in [9.17, 15) is 32.7 Å². The molecule has 0 aliphatic carbocycles. The van der Waals surface area contributed by atoms with Gasteiger partial charge in [-0.3, -0.25) is 19.3 Å². The van der Waals surface area contributed by atoms with Crippen LogP contribution in [-0.4, -0.2) is 65.4 Å². The number of amides is 3. The van der Waals surface area contributed by atoms with Crippen LogP contribution in [0.2, 0.25) is 0 Å². The second-order valence-corrected chi connectivity index (χ2v) is 8.81. The predicted octanol–water partition coefficient (Wildman–Crippen LogP) is 3.17. The number of hydrogen-bond donors (Lipinski definition) is 1. The SMILES string of the molecule is CCN1C(=O)CC(CC(=O)N2CCN(c3ccccc3O)CC2)(c2cccc(C(F)(F)F)c2)C1=O. The van der Waals surface area contributed by atoms with Crippen molar-refractivity contribution >= 4 is 23.4 Å². The Labute approximate surface area is 200 Å². The molecule has 0 aromatic heterocycles. The van der Waals surface area contributed by atoms with Crippen molar-refractivity contribution in [2.45, 2.75) is 31.4 Å². The quantitative estimate of drug-likeness (QED) is 0.653. The summed E-state index contributed by atoms with van der Waals surface area (Å²) in [5.41, 5.74) is -1.95. The number of likely N-dealkylation sites (tertiary alicyclic amines) is 1. The van der Waals surface area contributed by atoms with Crippen LogP contribution in [-0.2, 0) is 26.0 Å². The summed E-state index contributed by atoms with van der Waals surface area (Å²) in [5.74, 6) is -1.43. The van der Waals surface area contributed by atoms with Crippen molar-refractivity contribution in [2.24, 2.45) is 0 Å². The molecule has 0 spiro atoms. The average Bonchev–Trinajstić information content (AvgIpc) is 3.08. The number of carbonyl (C=O) groups is 3. The number of hydrogen-bond acceptors (Lipinski definition) is 5. The van der Waals surface area contributed by atoms with Crippen molar-refractivity contribution in [3.8, 4) is 5.75 Å². The van der Waals surface area contributed by atoms with Gasteiger partial charge in [0.2, 0.25) is 17.7 Å². The van der Waals surface area contributed by atoms with Crippen molar-refractivity contribution in [1.29, 1.82) is 0 Å². The van der Waals surface area contributed by atoms with Crippen LogP contribution in [0.1, 0.15) is 30.9 Å². The predicted molar refractivity (Wildman–Crippen MR) is 122 cm³/mol. The van der Waals surface area contributed by atoms with Gasteiger partial charge in [0.15, 0.2) is 0 Å². The minimum absolute atomic E-state index is 0.0165. The zero-order valence-corrected chi connectivity index (χ0v) is 19.2. The van der Waals surface area contributed by atoms with Gasteiger partial charge in [-0.2, -0.15) is 13.2 Å². The molecule has 2 fully saturated rings. The lowest BCUT2D eigenvalue weighted by Gasteiger charge is -2.38. The zero-order valence-electron chi connectivity index (χ0n) is 19.2. The van der Waals surface area contributed by atoms with Gasteiger partial charge in [-0.05, 0) is 30.7 Å². The second kappa shape index (κ2) is 9.24. The lowest BCUT2D eigenvalue weighted by Crippen LogP contribution is -2.51. The Hall–Kier alpha value is -3.56. The molecule has 2 aliphatic rings. The van der Waals surface area contributed by atoms with E-state index in [4.69, 9.17) is 0 Å². The van der Waals surface area contributed by atoms with Crippen LogP contribution < -0.4 is 4.90 Å². The number of aromatic hydroxyl groups is 1. The van der Waals surface area contributed by atoms with Gasteiger partial charge in [-0.15, -0.1) is 0 Å². The molecule has 2 aliphatic heterocycles. The van der Waals surface area contributed by atoms with Crippen LogP contribution in [0.25, 0.3) is 0 Å². The monoisotopic (exact) mass is 489 g/mol. The molecule has 2 aromatic rings. The first-order valence-corrected chi connectivity index (χ1v) is 11.4. The molecule has 1 N–H and O–H groups in total. The van der Waals surface area contributed by atoms with Gasteiger partial charge in [-0.1, -0.05) is 30.3 Å². The molecule has 2 saturated heterocycles. The van der Waals surface area contributed by atoms with Crippen LogP contribution in [0.5, 0.6) is 5.75 Å². The van der Waals surface area contributed by atoms with E-state index in [0.29, 0.717) is 31.9 Å². The summed E-state index contributed by atoms with van der Waals surface area (Å²) in [7, 11) is 0. The summed E-state index contributed by atoms with van der Waals surface area (Å²) in [6.07, 6.45) is -5.38. The van der Waals surface area contributed by atoms with E-state index < -0.39 is 41.3 Å². The maximum absolute atomic E-state index is 13.4. The zero-order chi connectivity index (χ0) is 25.4. The largest absolute Gasteiger partial charge is 0.506 e. The Morgan fingerprint density at radius 2 is 1.71 bits per heavy atom. The lowest BCUT2D eigenvalue weighted by atomic mass is 9.75. The van der Waals surface area contributed by atoms with Crippen LogP contribution >= 0.6 is 0 Å². The number of benzene rings is 2. The molecule has 1 atom stereocenters. The molecule has 2 aromatic carbocycles. The van der Waals surface area contributed by atoms with Crippen LogP contribution in [0.3, 0.4) is 0 Å². The van der Waals surface area contributed by atoms with Gasteiger partial charge in [0.25, 0.3) is 0 Å². The molecule has 2 heterocycles. The van der Waals surface area contributed by atoms with E-state index in [1.54, 1.807) is 36.1 Å². The highest BCUT2D eigenvalue weighted by atomic mass is 19.4. The molecule has 4 rings (SSSR count). The molecule has 35 heavy (non-hydrogen) atoms. The van der Waals surface area contributed by atoms with E-state index in [-0.39, 0.29) is 24.3 Å².